The maximum Gasteiger partial charge on any atom is 0.311 e. The van der Waals surface area contributed by atoms with Gasteiger partial charge < -0.3 is 4.74 Å². The summed E-state index contributed by atoms with van der Waals surface area (Å²) in [6.07, 6.45) is 1.53. The van der Waals surface area contributed by atoms with Crippen LogP contribution in [-0.2, 0) is 0 Å². The van der Waals surface area contributed by atoms with E-state index in [2.05, 4.69) is 10.2 Å². The van der Waals surface area contributed by atoms with Crippen molar-refractivity contribution < 1.29 is 9.66 Å². The molecule has 1 aromatic heterocycles. The average Bonchev–Trinajstić information content (AvgIpc) is 2.62. The second-order valence-corrected chi connectivity index (χ2v) is 2.74. The van der Waals surface area contributed by atoms with E-state index in [0.29, 0.717) is 10.9 Å². The number of H-pyrrole nitrogens is 1. The molecule has 1 heterocycles. The first-order chi connectivity index (χ1) is 6.72. The smallest absolute Gasteiger partial charge is 0.311 e. The highest BCUT2D eigenvalue weighted by molar-refractivity contribution is 5.83. The number of rotatable bonds is 2. The Bertz CT molecular complexity index is 492. The lowest BCUT2D eigenvalue weighted by Gasteiger charge is -2.00. The first-order valence-corrected chi connectivity index (χ1v) is 3.88. The van der Waals surface area contributed by atoms with E-state index in [4.69, 9.17) is 4.74 Å². The van der Waals surface area contributed by atoms with Gasteiger partial charge in [-0.15, -0.1) is 0 Å². The van der Waals surface area contributed by atoms with Crippen LogP contribution in [0.1, 0.15) is 0 Å². The molecule has 1 N–H and O–H groups in total. The molecule has 6 heteroatoms. The summed E-state index contributed by atoms with van der Waals surface area (Å²) in [5.74, 6) is 0.228. The Hall–Kier alpha value is -2.11. The molecule has 2 aromatic rings. The lowest BCUT2D eigenvalue weighted by molar-refractivity contribution is -0.385. The van der Waals surface area contributed by atoms with E-state index in [9.17, 15) is 10.1 Å². The van der Waals surface area contributed by atoms with E-state index < -0.39 is 4.92 Å². The van der Waals surface area contributed by atoms with Crippen LogP contribution in [0.5, 0.6) is 5.75 Å². The van der Waals surface area contributed by atoms with E-state index in [1.807, 2.05) is 0 Å². The maximum absolute atomic E-state index is 10.6. The van der Waals surface area contributed by atoms with E-state index in [0.717, 1.165) is 0 Å². The van der Waals surface area contributed by atoms with Crippen LogP contribution in [0.3, 0.4) is 0 Å². The third kappa shape index (κ3) is 1.17. The van der Waals surface area contributed by atoms with Crippen LogP contribution in [0.2, 0.25) is 0 Å². The molecule has 0 bridgehead atoms. The van der Waals surface area contributed by atoms with Gasteiger partial charge in [0.1, 0.15) is 0 Å². The fourth-order valence-corrected chi connectivity index (χ4v) is 1.27. The summed E-state index contributed by atoms with van der Waals surface area (Å²) in [6, 6.07) is 2.98. The van der Waals surface area contributed by atoms with Crippen molar-refractivity contribution in [3.63, 3.8) is 0 Å². The molecule has 0 atom stereocenters. The number of benzene rings is 1. The van der Waals surface area contributed by atoms with Crippen molar-refractivity contribution in [3.05, 3.63) is 28.4 Å². The van der Waals surface area contributed by atoms with E-state index in [1.165, 1.54) is 19.4 Å². The molecular formula is C8H7N3O3. The zero-order valence-corrected chi connectivity index (χ0v) is 7.35. The number of ether oxygens (including phenoxy) is 1. The Morgan fingerprint density at radius 1 is 1.57 bits per heavy atom. The molecule has 0 amide bonds. The molecule has 0 fully saturated rings. The van der Waals surface area contributed by atoms with Gasteiger partial charge in [-0.3, -0.25) is 15.2 Å². The molecule has 6 nitrogen and oxygen atoms in total. The molecule has 2 rings (SSSR count). The Balaban J connectivity index is 2.72. The van der Waals surface area contributed by atoms with Crippen molar-refractivity contribution in [1.29, 1.82) is 0 Å². The topological polar surface area (TPSA) is 81.0 Å². The normalized spacial score (nSPS) is 10.4. The van der Waals surface area contributed by atoms with Crippen molar-refractivity contribution in [2.75, 3.05) is 7.11 Å². The Labute approximate surface area is 78.6 Å². The minimum atomic E-state index is -0.481. The summed E-state index contributed by atoms with van der Waals surface area (Å²) in [6.45, 7) is 0. The molecule has 0 saturated heterocycles. The molecule has 0 aliphatic rings. The van der Waals surface area contributed by atoms with Crippen LogP contribution < -0.4 is 4.74 Å². The van der Waals surface area contributed by atoms with Crippen LogP contribution in [-0.4, -0.2) is 22.2 Å². The van der Waals surface area contributed by atoms with Gasteiger partial charge in [-0.2, -0.15) is 5.10 Å². The minimum Gasteiger partial charge on any atom is -0.490 e. The molecular weight excluding hydrogens is 186 g/mol. The van der Waals surface area contributed by atoms with Crippen molar-refractivity contribution in [2.24, 2.45) is 0 Å². The van der Waals surface area contributed by atoms with E-state index in [1.54, 1.807) is 6.07 Å². The van der Waals surface area contributed by atoms with Gasteiger partial charge in [-0.25, -0.2) is 0 Å². The molecule has 0 aliphatic carbocycles. The lowest BCUT2D eigenvalue weighted by Crippen LogP contribution is -1.93. The van der Waals surface area contributed by atoms with Crippen molar-refractivity contribution in [1.82, 2.24) is 10.2 Å². The van der Waals surface area contributed by atoms with Crippen LogP contribution in [0, 0.1) is 10.1 Å². The fourth-order valence-electron chi connectivity index (χ4n) is 1.27. The van der Waals surface area contributed by atoms with Gasteiger partial charge in [-0.05, 0) is 0 Å². The number of nitrogens with zero attached hydrogens (tertiary/aromatic N) is 2. The van der Waals surface area contributed by atoms with Crippen LogP contribution >= 0.6 is 0 Å². The zero-order chi connectivity index (χ0) is 10.1. The van der Waals surface area contributed by atoms with Gasteiger partial charge in [0, 0.05) is 17.5 Å². The number of aromatic nitrogens is 2. The number of hydrogen-bond donors (Lipinski definition) is 1. The maximum atomic E-state index is 10.6. The number of nitro benzene ring substituents is 1. The quantitative estimate of drug-likeness (QED) is 0.578. The molecule has 0 saturated carbocycles. The second-order valence-electron chi connectivity index (χ2n) is 2.74. The SMILES string of the molecule is COc1cc2[nH]ncc2cc1[N+](=O)[O-]. The summed E-state index contributed by atoms with van der Waals surface area (Å²) in [4.78, 5) is 10.2. The first-order valence-electron chi connectivity index (χ1n) is 3.88. The van der Waals surface area contributed by atoms with Gasteiger partial charge in [0.25, 0.3) is 0 Å². The summed E-state index contributed by atoms with van der Waals surface area (Å²) in [5, 5.41) is 17.8. The van der Waals surface area contributed by atoms with Crippen molar-refractivity contribution in [2.45, 2.75) is 0 Å². The number of fused-ring (bicyclic) bond motifs is 1. The Morgan fingerprint density at radius 3 is 3.00 bits per heavy atom. The second kappa shape index (κ2) is 2.99. The standard InChI is InChI=1S/C8H7N3O3/c1-14-8-3-6-5(4-9-10-6)2-7(8)11(12)13/h2-4H,1H3,(H,9,10). The van der Waals surface area contributed by atoms with E-state index in [-0.39, 0.29) is 11.4 Å². The number of nitro groups is 1. The van der Waals surface area contributed by atoms with Gasteiger partial charge >= 0.3 is 5.69 Å². The Morgan fingerprint density at radius 2 is 2.36 bits per heavy atom. The lowest BCUT2D eigenvalue weighted by atomic mass is 10.2. The molecule has 0 unspecified atom stereocenters. The minimum absolute atomic E-state index is 0.0543. The van der Waals surface area contributed by atoms with Crippen molar-refractivity contribution in [3.8, 4) is 5.75 Å². The summed E-state index contributed by atoms with van der Waals surface area (Å²) >= 11 is 0. The molecule has 0 radical (unpaired) electrons. The van der Waals surface area contributed by atoms with Gasteiger partial charge in [-0.1, -0.05) is 0 Å². The van der Waals surface area contributed by atoms with Crippen LogP contribution in [0.25, 0.3) is 10.9 Å². The molecule has 0 aliphatic heterocycles. The highest BCUT2D eigenvalue weighted by Crippen LogP contribution is 2.30. The van der Waals surface area contributed by atoms with Crippen molar-refractivity contribution >= 4 is 16.6 Å². The van der Waals surface area contributed by atoms with Gasteiger partial charge in [0.05, 0.1) is 23.7 Å². The predicted molar refractivity (Wildman–Crippen MR) is 49.3 cm³/mol. The molecule has 14 heavy (non-hydrogen) atoms. The highest BCUT2D eigenvalue weighted by Gasteiger charge is 2.16. The van der Waals surface area contributed by atoms with Crippen LogP contribution in [0.4, 0.5) is 5.69 Å². The summed E-state index contributed by atoms with van der Waals surface area (Å²) < 4.78 is 4.89. The number of hydrogen-bond acceptors (Lipinski definition) is 4. The fraction of sp³-hybridized carbons (Fsp3) is 0.125. The first kappa shape index (κ1) is 8.49. The van der Waals surface area contributed by atoms with Gasteiger partial charge in [0.15, 0.2) is 5.75 Å². The molecule has 0 spiro atoms. The summed E-state index contributed by atoms with van der Waals surface area (Å²) in [7, 11) is 1.39. The monoisotopic (exact) mass is 193 g/mol. The number of aromatic amines is 1. The summed E-state index contributed by atoms with van der Waals surface area (Å²) in [5.41, 5.74) is 0.661. The van der Waals surface area contributed by atoms with Gasteiger partial charge in [0.2, 0.25) is 0 Å². The zero-order valence-electron chi connectivity index (χ0n) is 7.35. The predicted octanol–water partition coefficient (Wildman–Crippen LogP) is 1.48. The third-order valence-corrected chi connectivity index (χ3v) is 1.94. The largest absolute Gasteiger partial charge is 0.490 e. The highest BCUT2D eigenvalue weighted by atomic mass is 16.6. The van der Waals surface area contributed by atoms with Crippen LogP contribution in [0.15, 0.2) is 18.3 Å². The Kier molecular flexibility index (Phi) is 1.81. The number of methoxy groups -OCH3 is 1. The number of nitrogens with one attached hydrogen (secondary N) is 1. The third-order valence-electron chi connectivity index (χ3n) is 1.94. The molecule has 72 valence electrons. The molecule has 1 aromatic carbocycles. The average molecular weight is 193 g/mol. The van der Waals surface area contributed by atoms with E-state index >= 15 is 0 Å².